The molecule has 0 aromatic heterocycles. The minimum atomic E-state index is 0.192. The molecular formula is C25H36O. The monoisotopic (exact) mass is 352 g/mol. The quantitative estimate of drug-likeness (QED) is 0.342. The number of hydrogen-bond acceptors (Lipinski definition) is 1. The van der Waals surface area contributed by atoms with Gasteiger partial charge in [-0.25, -0.2) is 0 Å². The summed E-state index contributed by atoms with van der Waals surface area (Å²) in [4.78, 5) is 0. The molecule has 0 aliphatic rings. The Kier molecular flexibility index (Phi) is 9.94. The molecule has 2 rings (SSSR count). The summed E-state index contributed by atoms with van der Waals surface area (Å²) in [5.41, 5.74) is 2.69. The van der Waals surface area contributed by atoms with E-state index in [9.17, 15) is 0 Å². The SMILES string of the molecule is CCCCCCCCCCc1ccccc1OC(C)Cc1ccccc1. The highest BCUT2D eigenvalue weighted by Crippen LogP contribution is 2.23. The van der Waals surface area contributed by atoms with E-state index in [0.717, 1.165) is 18.6 Å². The van der Waals surface area contributed by atoms with Crippen molar-refractivity contribution in [3.63, 3.8) is 0 Å². The summed E-state index contributed by atoms with van der Waals surface area (Å²) in [6.45, 7) is 4.44. The Labute approximate surface area is 160 Å². The highest BCUT2D eigenvalue weighted by molar-refractivity contribution is 5.33. The normalized spacial score (nSPS) is 12.1. The number of hydrogen-bond donors (Lipinski definition) is 0. The molecule has 0 radical (unpaired) electrons. The Hall–Kier alpha value is -1.76. The van der Waals surface area contributed by atoms with Gasteiger partial charge in [-0.05, 0) is 37.0 Å². The molecule has 2 aromatic rings. The average molecular weight is 353 g/mol. The first-order valence-electron chi connectivity index (χ1n) is 10.6. The number of unbranched alkanes of at least 4 members (excludes halogenated alkanes) is 7. The number of para-hydroxylation sites is 1. The van der Waals surface area contributed by atoms with Crippen LogP contribution in [0.3, 0.4) is 0 Å². The third kappa shape index (κ3) is 8.08. The van der Waals surface area contributed by atoms with E-state index in [1.54, 1.807) is 0 Å². The van der Waals surface area contributed by atoms with E-state index in [1.165, 1.54) is 62.5 Å². The van der Waals surface area contributed by atoms with Crippen molar-refractivity contribution in [3.8, 4) is 5.75 Å². The highest BCUT2D eigenvalue weighted by Gasteiger charge is 2.09. The Morgan fingerprint density at radius 3 is 2.08 bits per heavy atom. The lowest BCUT2D eigenvalue weighted by molar-refractivity contribution is 0.220. The number of rotatable bonds is 13. The van der Waals surface area contributed by atoms with Gasteiger partial charge in [-0.2, -0.15) is 0 Å². The van der Waals surface area contributed by atoms with Gasteiger partial charge in [-0.1, -0.05) is 100 Å². The lowest BCUT2D eigenvalue weighted by Crippen LogP contribution is -2.16. The molecule has 1 heteroatoms. The van der Waals surface area contributed by atoms with E-state index in [1.807, 2.05) is 0 Å². The zero-order chi connectivity index (χ0) is 18.5. The van der Waals surface area contributed by atoms with Gasteiger partial charge in [-0.15, -0.1) is 0 Å². The second-order valence-electron chi connectivity index (χ2n) is 7.45. The first kappa shape index (κ1) is 20.6. The van der Waals surface area contributed by atoms with Gasteiger partial charge in [0.15, 0.2) is 0 Å². The van der Waals surface area contributed by atoms with Crippen LogP contribution in [-0.2, 0) is 12.8 Å². The van der Waals surface area contributed by atoms with Crippen molar-refractivity contribution in [1.82, 2.24) is 0 Å². The summed E-state index contributed by atoms with van der Waals surface area (Å²) in [5.74, 6) is 1.07. The summed E-state index contributed by atoms with van der Waals surface area (Å²) < 4.78 is 6.27. The number of benzene rings is 2. The maximum atomic E-state index is 6.27. The number of aryl methyl sites for hydroxylation is 1. The Bertz CT molecular complexity index is 590. The van der Waals surface area contributed by atoms with Crippen LogP contribution in [0, 0.1) is 0 Å². The zero-order valence-corrected chi connectivity index (χ0v) is 16.8. The zero-order valence-electron chi connectivity index (χ0n) is 16.8. The first-order chi connectivity index (χ1) is 12.8. The molecule has 1 nitrogen and oxygen atoms in total. The van der Waals surface area contributed by atoms with Crippen molar-refractivity contribution in [1.29, 1.82) is 0 Å². The van der Waals surface area contributed by atoms with Crippen LogP contribution in [0.4, 0.5) is 0 Å². The van der Waals surface area contributed by atoms with Crippen LogP contribution in [0.2, 0.25) is 0 Å². The summed E-state index contributed by atoms with van der Waals surface area (Å²) >= 11 is 0. The molecule has 0 saturated heterocycles. The van der Waals surface area contributed by atoms with E-state index in [0.29, 0.717) is 0 Å². The van der Waals surface area contributed by atoms with Crippen LogP contribution in [0.1, 0.15) is 76.3 Å². The van der Waals surface area contributed by atoms with Crippen molar-refractivity contribution in [3.05, 3.63) is 65.7 Å². The highest BCUT2D eigenvalue weighted by atomic mass is 16.5. The predicted molar refractivity (Wildman–Crippen MR) is 113 cm³/mol. The summed E-state index contributed by atoms with van der Waals surface area (Å²) in [6, 6.07) is 19.2. The molecule has 2 aromatic carbocycles. The Morgan fingerprint density at radius 1 is 0.731 bits per heavy atom. The van der Waals surface area contributed by atoms with Crippen molar-refractivity contribution in [2.24, 2.45) is 0 Å². The molecule has 0 bridgehead atoms. The maximum Gasteiger partial charge on any atom is 0.122 e. The molecule has 0 spiro atoms. The van der Waals surface area contributed by atoms with Crippen molar-refractivity contribution >= 4 is 0 Å². The predicted octanol–water partition coefficient (Wildman–Crippen LogP) is 7.38. The molecule has 0 fully saturated rings. The Balaban J connectivity index is 1.73. The molecule has 1 unspecified atom stereocenters. The molecule has 0 aliphatic carbocycles. The van der Waals surface area contributed by atoms with Crippen LogP contribution in [0.25, 0.3) is 0 Å². The van der Waals surface area contributed by atoms with E-state index < -0.39 is 0 Å². The molecule has 0 aliphatic heterocycles. The maximum absolute atomic E-state index is 6.27. The molecule has 142 valence electrons. The average Bonchev–Trinajstić information content (AvgIpc) is 2.66. The summed E-state index contributed by atoms with van der Waals surface area (Å²) in [7, 11) is 0. The van der Waals surface area contributed by atoms with Gasteiger partial charge in [0.05, 0.1) is 6.10 Å². The standard InChI is InChI=1S/C25H36O/c1-3-4-5-6-7-8-9-13-18-24-19-14-15-20-25(24)26-22(2)21-23-16-11-10-12-17-23/h10-12,14-17,19-20,22H,3-9,13,18,21H2,1-2H3. The fourth-order valence-electron chi connectivity index (χ4n) is 3.48. The topological polar surface area (TPSA) is 9.23 Å². The lowest BCUT2D eigenvalue weighted by atomic mass is 10.0. The third-order valence-corrected chi connectivity index (χ3v) is 4.97. The van der Waals surface area contributed by atoms with Crippen molar-refractivity contribution < 1.29 is 4.74 Å². The van der Waals surface area contributed by atoms with Crippen LogP contribution in [0.5, 0.6) is 5.75 Å². The minimum Gasteiger partial charge on any atom is -0.490 e. The Morgan fingerprint density at radius 2 is 1.35 bits per heavy atom. The fourth-order valence-corrected chi connectivity index (χ4v) is 3.48. The van der Waals surface area contributed by atoms with Gasteiger partial charge >= 0.3 is 0 Å². The van der Waals surface area contributed by atoms with Gasteiger partial charge in [0.25, 0.3) is 0 Å². The van der Waals surface area contributed by atoms with Crippen molar-refractivity contribution in [2.75, 3.05) is 0 Å². The van der Waals surface area contributed by atoms with Gasteiger partial charge in [0.1, 0.15) is 5.75 Å². The molecule has 0 saturated carbocycles. The summed E-state index contributed by atoms with van der Waals surface area (Å²) in [6.07, 6.45) is 13.2. The van der Waals surface area contributed by atoms with Gasteiger partial charge < -0.3 is 4.74 Å². The van der Waals surface area contributed by atoms with E-state index in [-0.39, 0.29) is 6.10 Å². The van der Waals surface area contributed by atoms with E-state index >= 15 is 0 Å². The summed E-state index contributed by atoms with van der Waals surface area (Å²) in [5, 5.41) is 0. The fraction of sp³-hybridized carbons (Fsp3) is 0.520. The molecule has 26 heavy (non-hydrogen) atoms. The van der Waals surface area contributed by atoms with Crippen LogP contribution >= 0.6 is 0 Å². The molecule has 0 heterocycles. The van der Waals surface area contributed by atoms with Crippen LogP contribution in [-0.4, -0.2) is 6.10 Å². The molecule has 0 N–H and O–H groups in total. The molecular weight excluding hydrogens is 316 g/mol. The smallest absolute Gasteiger partial charge is 0.122 e. The second-order valence-corrected chi connectivity index (χ2v) is 7.45. The minimum absolute atomic E-state index is 0.192. The second kappa shape index (κ2) is 12.6. The van der Waals surface area contributed by atoms with Crippen molar-refractivity contribution in [2.45, 2.75) is 84.2 Å². The van der Waals surface area contributed by atoms with Crippen LogP contribution < -0.4 is 4.74 Å². The van der Waals surface area contributed by atoms with Gasteiger partial charge in [0.2, 0.25) is 0 Å². The largest absolute Gasteiger partial charge is 0.490 e. The van der Waals surface area contributed by atoms with E-state index in [4.69, 9.17) is 4.74 Å². The van der Waals surface area contributed by atoms with Gasteiger partial charge in [-0.3, -0.25) is 0 Å². The molecule has 0 amide bonds. The first-order valence-corrected chi connectivity index (χ1v) is 10.6. The third-order valence-electron chi connectivity index (χ3n) is 4.97. The lowest BCUT2D eigenvalue weighted by Gasteiger charge is -2.17. The van der Waals surface area contributed by atoms with Gasteiger partial charge in [0, 0.05) is 6.42 Å². The number of ether oxygens (including phenoxy) is 1. The molecule has 1 atom stereocenters. The van der Waals surface area contributed by atoms with E-state index in [2.05, 4.69) is 68.4 Å². The van der Waals surface area contributed by atoms with Crippen LogP contribution in [0.15, 0.2) is 54.6 Å².